The molecule has 96 valence electrons. The van der Waals surface area contributed by atoms with Gasteiger partial charge in [-0.3, -0.25) is 9.69 Å². The van der Waals surface area contributed by atoms with E-state index in [-0.39, 0.29) is 6.61 Å². The molecule has 1 aromatic rings. The van der Waals surface area contributed by atoms with E-state index in [1.807, 2.05) is 0 Å². The van der Waals surface area contributed by atoms with E-state index >= 15 is 0 Å². The highest BCUT2D eigenvalue weighted by molar-refractivity contribution is 5.15. The minimum atomic E-state index is -0.589. The summed E-state index contributed by atoms with van der Waals surface area (Å²) in [5.41, 5.74) is -0.475. The molecular weight excluding hydrogens is 226 g/mol. The second kappa shape index (κ2) is 6.39. The van der Waals surface area contributed by atoms with Crippen LogP contribution in [0.15, 0.2) is 21.5 Å². The Morgan fingerprint density at radius 1 is 1.59 bits per heavy atom. The van der Waals surface area contributed by atoms with Crippen LogP contribution in [0.4, 0.5) is 0 Å². The van der Waals surface area contributed by atoms with Gasteiger partial charge in [-0.05, 0) is 7.05 Å². The molecule has 0 fully saturated rings. The number of likely N-dealkylation sites (N-methyl/N-ethyl adjacent to an activating group) is 1. The molecule has 1 unspecified atom stereocenters. The van der Waals surface area contributed by atoms with Crippen molar-refractivity contribution in [2.45, 2.75) is 12.6 Å². The summed E-state index contributed by atoms with van der Waals surface area (Å²) in [4.78, 5) is 12.9. The fourth-order valence-electron chi connectivity index (χ4n) is 1.46. The lowest BCUT2D eigenvalue weighted by Gasteiger charge is -2.19. The van der Waals surface area contributed by atoms with Crippen molar-refractivity contribution >= 4 is 0 Å². The zero-order valence-corrected chi connectivity index (χ0v) is 9.92. The molecule has 2 N–H and O–H groups in total. The van der Waals surface area contributed by atoms with Crippen LogP contribution in [0, 0.1) is 0 Å². The summed E-state index contributed by atoms with van der Waals surface area (Å²) < 4.78 is 9.85. The third-order valence-electron chi connectivity index (χ3n) is 2.17. The van der Waals surface area contributed by atoms with Crippen LogP contribution >= 0.6 is 0 Å². The van der Waals surface area contributed by atoms with Gasteiger partial charge in [0.25, 0.3) is 0 Å². The minimum Gasteiger partial charge on any atom is -0.502 e. The van der Waals surface area contributed by atoms with E-state index < -0.39 is 17.3 Å². The van der Waals surface area contributed by atoms with Crippen molar-refractivity contribution < 1.29 is 19.4 Å². The number of aliphatic hydroxyl groups is 1. The predicted octanol–water partition coefficient (Wildman–Crippen LogP) is -0.216. The number of nitrogens with zero attached hydrogens (tertiary/aromatic N) is 1. The molecule has 0 saturated heterocycles. The lowest BCUT2D eigenvalue weighted by molar-refractivity contribution is 0.0406. The Labute approximate surface area is 99.0 Å². The van der Waals surface area contributed by atoms with Crippen LogP contribution in [0.5, 0.6) is 5.75 Å². The van der Waals surface area contributed by atoms with E-state index in [0.29, 0.717) is 18.8 Å². The van der Waals surface area contributed by atoms with E-state index in [4.69, 9.17) is 14.3 Å². The third-order valence-corrected chi connectivity index (χ3v) is 2.17. The van der Waals surface area contributed by atoms with Gasteiger partial charge in [0.1, 0.15) is 12.0 Å². The van der Waals surface area contributed by atoms with Gasteiger partial charge in [-0.15, -0.1) is 0 Å². The fourth-order valence-corrected chi connectivity index (χ4v) is 1.46. The molecule has 6 heteroatoms. The Morgan fingerprint density at radius 2 is 2.29 bits per heavy atom. The largest absolute Gasteiger partial charge is 0.502 e. The first-order chi connectivity index (χ1) is 8.02. The summed E-state index contributed by atoms with van der Waals surface area (Å²) in [6.45, 7) is 1.03. The summed E-state index contributed by atoms with van der Waals surface area (Å²) in [5, 5.41) is 18.5. The molecular formula is C11H17NO5. The molecule has 0 aliphatic rings. The monoisotopic (exact) mass is 243 g/mol. The van der Waals surface area contributed by atoms with Crippen molar-refractivity contribution in [2.24, 2.45) is 0 Å². The second-order valence-corrected chi connectivity index (χ2v) is 3.90. The zero-order chi connectivity index (χ0) is 12.8. The maximum atomic E-state index is 11.1. The lowest BCUT2D eigenvalue weighted by Crippen LogP contribution is -2.31. The first-order valence-electron chi connectivity index (χ1n) is 5.19. The number of hydrogen-bond acceptors (Lipinski definition) is 6. The second-order valence-electron chi connectivity index (χ2n) is 3.90. The molecule has 1 atom stereocenters. The van der Waals surface area contributed by atoms with E-state index in [0.717, 1.165) is 6.26 Å². The summed E-state index contributed by atoms with van der Waals surface area (Å²) in [7, 11) is 3.30. The molecule has 0 aromatic carbocycles. The third kappa shape index (κ3) is 4.56. The highest BCUT2D eigenvalue weighted by Crippen LogP contribution is 2.06. The fraction of sp³-hybridized carbons (Fsp3) is 0.545. The Hall–Kier alpha value is -1.37. The smallest absolute Gasteiger partial charge is 0.226 e. The first-order valence-corrected chi connectivity index (χ1v) is 5.19. The molecule has 17 heavy (non-hydrogen) atoms. The predicted molar refractivity (Wildman–Crippen MR) is 60.9 cm³/mol. The van der Waals surface area contributed by atoms with Crippen LogP contribution in [0.25, 0.3) is 0 Å². The number of aromatic hydroxyl groups is 1. The van der Waals surface area contributed by atoms with Crippen LogP contribution in [0.3, 0.4) is 0 Å². The van der Waals surface area contributed by atoms with Crippen LogP contribution in [0.2, 0.25) is 0 Å². The van der Waals surface area contributed by atoms with Crippen LogP contribution in [-0.4, -0.2) is 48.5 Å². The summed E-state index contributed by atoms with van der Waals surface area (Å²) in [5.74, 6) is 0.0238. The van der Waals surface area contributed by atoms with Gasteiger partial charge in [-0.25, -0.2) is 0 Å². The van der Waals surface area contributed by atoms with Gasteiger partial charge in [0.15, 0.2) is 5.75 Å². The van der Waals surface area contributed by atoms with Gasteiger partial charge in [-0.1, -0.05) is 0 Å². The molecule has 0 amide bonds. The van der Waals surface area contributed by atoms with E-state index in [1.54, 1.807) is 11.9 Å². The van der Waals surface area contributed by atoms with Crippen molar-refractivity contribution in [1.82, 2.24) is 4.90 Å². The number of aliphatic hydroxyl groups excluding tert-OH is 1. The SMILES string of the molecule is COCC(O)CN(C)Cc1cc(=O)c(O)co1. The zero-order valence-electron chi connectivity index (χ0n) is 9.92. The van der Waals surface area contributed by atoms with Crippen molar-refractivity contribution in [1.29, 1.82) is 0 Å². The number of hydrogen-bond donors (Lipinski definition) is 2. The van der Waals surface area contributed by atoms with Gasteiger partial charge in [0.05, 0.1) is 19.3 Å². The molecule has 0 aliphatic carbocycles. The van der Waals surface area contributed by atoms with Crippen molar-refractivity contribution in [2.75, 3.05) is 27.3 Å². The van der Waals surface area contributed by atoms with Crippen molar-refractivity contribution in [3.8, 4) is 5.75 Å². The maximum Gasteiger partial charge on any atom is 0.226 e. The lowest BCUT2D eigenvalue weighted by atomic mass is 10.3. The average molecular weight is 243 g/mol. The highest BCUT2D eigenvalue weighted by Gasteiger charge is 2.10. The quantitative estimate of drug-likeness (QED) is 0.719. The number of ether oxygens (including phenoxy) is 1. The Kier molecular flexibility index (Phi) is 5.14. The average Bonchev–Trinajstić information content (AvgIpc) is 2.23. The molecule has 6 nitrogen and oxygen atoms in total. The topological polar surface area (TPSA) is 83.1 Å². The van der Waals surface area contributed by atoms with Gasteiger partial charge >= 0.3 is 0 Å². The van der Waals surface area contributed by atoms with Gasteiger partial charge in [0.2, 0.25) is 5.43 Å². The van der Waals surface area contributed by atoms with Crippen LogP contribution < -0.4 is 5.43 Å². The first kappa shape index (κ1) is 13.7. The molecule has 0 aliphatic heterocycles. The normalized spacial score (nSPS) is 12.9. The van der Waals surface area contributed by atoms with E-state index in [9.17, 15) is 9.90 Å². The standard InChI is InChI=1S/C11H17NO5/c1-12(4-8(13)6-16-2)5-9-3-10(14)11(15)7-17-9/h3,7-8,13,15H,4-6H2,1-2H3. The summed E-state index contributed by atoms with van der Waals surface area (Å²) in [6.07, 6.45) is 0.422. The Balaban J connectivity index is 2.53. The van der Waals surface area contributed by atoms with E-state index in [2.05, 4.69) is 0 Å². The number of methoxy groups -OCH3 is 1. The molecule has 1 aromatic heterocycles. The Morgan fingerprint density at radius 3 is 2.88 bits per heavy atom. The minimum absolute atomic E-state index is 0.254. The van der Waals surface area contributed by atoms with Crippen molar-refractivity contribution in [3.05, 3.63) is 28.3 Å². The molecule has 1 rings (SSSR count). The Bertz CT molecular complexity index is 403. The molecule has 1 heterocycles. The summed E-state index contributed by atoms with van der Waals surface area (Å²) in [6, 6.07) is 1.23. The van der Waals surface area contributed by atoms with Gasteiger partial charge < -0.3 is 19.4 Å². The van der Waals surface area contributed by atoms with Crippen LogP contribution in [0.1, 0.15) is 5.76 Å². The molecule has 0 saturated carbocycles. The maximum absolute atomic E-state index is 11.1. The molecule has 0 bridgehead atoms. The highest BCUT2D eigenvalue weighted by atomic mass is 16.5. The molecule has 0 spiro atoms. The van der Waals surface area contributed by atoms with Gasteiger partial charge in [-0.2, -0.15) is 0 Å². The van der Waals surface area contributed by atoms with Gasteiger partial charge in [0, 0.05) is 19.7 Å². The van der Waals surface area contributed by atoms with Crippen LogP contribution in [-0.2, 0) is 11.3 Å². The van der Waals surface area contributed by atoms with E-state index in [1.165, 1.54) is 13.2 Å². The molecule has 0 radical (unpaired) electrons. The number of rotatable bonds is 6. The van der Waals surface area contributed by atoms with Crippen molar-refractivity contribution in [3.63, 3.8) is 0 Å². The summed E-state index contributed by atoms with van der Waals surface area (Å²) >= 11 is 0.